The van der Waals surface area contributed by atoms with Crippen molar-refractivity contribution in [2.24, 2.45) is 5.92 Å². The Bertz CT molecular complexity index is 398. The van der Waals surface area contributed by atoms with Crippen LogP contribution in [0.3, 0.4) is 0 Å². The van der Waals surface area contributed by atoms with Crippen LogP contribution in [-0.4, -0.2) is 25.8 Å². The summed E-state index contributed by atoms with van der Waals surface area (Å²) in [6.07, 6.45) is 0.642. The molecule has 2 nitrogen and oxygen atoms in total. The van der Waals surface area contributed by atoms with Crippen molar-refractivity contribution in [3.05, 3.63) is 34.6 Å². The molecule has 0 amide bonds. The number of methoxy groups -OCH3 is 1. The smallest absolute Gasteiger partial charge is 0.127 e. The van der Waals surface area contributed by atoms with E-state index in [4.69, 9.17) is 16.3 Å². The molecule has 0 heterocycles. The molecule has 0 radical (unpaired) electrons. The van der Waals surface area contributed by atoms with Crippen LogP contribution in [0.15, 0.2) is 18.2 Å². The molecule has 0 fully saturated rings. The third kappa shape index (κ3) is 4.75. The van der Waals surface area contributed by atoms with Crippen LogP contribution in [0.1, 0.15) is 26.3 Å². The molecule has 0 bridgehead atoms. The Kier molecular flexibility index (Phi) is 6.76. The second-order valence-electron chi connectivity index (χ2n) is 5.05. The van der Waals surface area contributed by atoms with Crippen molar-refractivity contribution in [2.45, 2.75) is 39.3 Å². The quantitative estimate of drug-likeness (QED) is 0.826. The van der Waals surface area contributed by atoms with Gasteiger partial charge in [-0.2, -0.15) is 0 Å². The average Bonchev–Trinajstić information content (AvgIpc) is 2.33. The van der Waals surface area contributed by atoms with E-state index in [1.165, 1.54) is 6.07 Å². The zero-order valence-corrected chi connectivity index (χ0v) is 12.8. The summed E-state index contributed by atoms with van der Waals surface area (Å²) in [5, 5.41) is 3.81. The predicted octanol–water partition coefficient (Wildman–Crippen LogP) is 3.67. The molecule has 0 spiro atoms. The van der Waals surface area contributed by atoms with E-state index in [0.717, 1.165) is 6.54 Å². The van der Waals surface area contributed by atoms with Gasteiger partial charge in [-0.1, -0.05) is 38.4 Å². The summed E-state index contributed by atoms with van der Waals surface area (Å²) in [6, 6.07) is 4.91. The Labute approximate surface area is 120 Å². The fourth-order valence-corrected chi connectivity index (χ4v) is 2.55. The summed E-state index contributed by atoms with van der Waals surface area (Å²) in [5.74, 6) is 0.110. The molecule has 0 aliphatic carbocycles. The summed E-state index contributed by atoms with van der Waals surface area (Å²) < 4.78 is 19.4. The molecule has 1 rings (SSSR count). The van der Waals surface area contributed by atoms with Crippen LogP contribution in [0.5, 0.6) is 0 Å². The van der Waals surface area contributed by atoms with Gasteiger partial charge in [0.1, 0.15) is 5.82 Å². The molecule has 0 aliphatic rings. The Hall–Kier alpha value is -0.640. The van der Waals surface area contributed by atoms with Gasteiger partial charge in [0.25, 0.3) is 0 Å². The van der Waals surface area contributed by atoms with Crippen LogP contribution in [0.25, 0.3) is 0 Å². The molecule has 2 unspecified atom stereocenters. The molecule has 108 valence electrons. The first-order chi connectivity index (χ1) is 8.99. The number of ether oxygens (including phenoxy) is 1. The Balaban J connectivity index is 2.88. The largest absolute Gasteiger partial charge is 0.380 e. The molecule has 4 heteroatoms. The molecular formula is C15H23ClFNO. The number of benzene rings is 1. The van der Waals surface area contributed by atoms with Gasteiger partial charge < -0.3 is 10.1 Å². The van der Waals surface area contributed by atoms with Crippen molar-refractivity contribution in [1.82, 2.24) is 5.32 Å². The number of likely N-dealkylation sites (N-methyl/N-ethyl adjacent to an activating group) is 1. The van der Waals surface area contributed by atoms with E-state index in [-0.39, 0.29) is 18.0 Å². The van der Waals surface area contributed by atoms with E-state index in [0.29, 0.717) is 22.9 Å². The molecule has 0 saturated carbocycles. The lowest BCUT2D eigenvalue weighted by molar-refractivity contribution is 0.0335. The highest BCUT2D eigenvalue weighted by atomic mass is 35.5. The molecule has 1 aromatic carbocycles. The van der Waals surface area contributed by atoms with E-state index in [1.807, 2.05) is 6.92 Å². The molecule has 1 aromatic rings. The molecule has 0 aliphatic heterocycles. The summed E-state index contributed by atoms with van der Waals surface area (Å²) >= 11 is 5.77. The highest BCUT2D eigenvalue weighted by Gasteiger charge is 2.24. The minimum absolute atomic E-state index is 0.0510. The lowest BCUT2D eigenvalue weighted by atomic mass is 9.93. The Morgan fingerprint density at radius 2 is 2.05 bits per heavy atom. The standard InChI is InChI=1S/C15H23ClFNO/c1-5-18-14(15(19-4)10(2)3)8-11-6-7-12(16)9-13(11)17/h6-7,9-10,14-15,18H,5,8H2,1-4H3. The monoisotopic (exact) mass is 287 g/mol. The van der Waals surface area contributed by atoms with Crippen molar-refractivity contribution in [3.8, 4) is 0 Å². The van der Waals surface area contributed by atoms with Crippen molar-refractivity contribution in [3.63, 3.8) is 0 Å². The minimum Gasteiger partial charge on any atom is -0.380 e. The van der Waals surface area contributed by atoms with Gasteiger partial charge in [-0.15, -0.1) is 0 Å². The molecular weight excluding hydrogens is 265 g/mol. The van der Waals surface area contributed by atoms with Crippen LogP contribution in [0.2, 0.25) is 5.02 Å². The van der Waals surface area contributed by atoms with Crippen LogP contribution < -0.4 is 5.32 Å². The molecule has 0 saturated heterocycles. The maximum absolute atomic E-state index is 13.9. The predicted molar refractivity (Wildman–Crippen MR) is 78.2 cm³/mol. The van der Waals surface area contributed by atoms with Crippen molar-refractivity contribution >= 4 is 11.6 Å². The molecule has 0 aromatic heterocycles. The van der Waals surface area contributed by atoms with Crippen LogP contribution in [0.4, 0.5) is 4.39 Å². The lowest BCUT2D eigenvalue weighted by Crippen LogP contribution is -2.45. The SMILES string of the molecule is CCNC(Cc1ccc(Cl)cc1F)C(OC)C(C)C. The number of halogens is 2. The Morgan fingerprint density at radius 1 is 1.37 bits per heavy atom. The minimum atomic E-state index is -0.256. The third-order valence-electron chi connectivity index (χ3n) is 3.25. The van der Waals surface area contributed by atoms with Crippen molar-refractivity contribution < 1.29 is 9.13 Å². The fraction of sp³-hybridized carbons (Fsp3) is 0.600. The van der Waals surface area contributed by atoms with E-state index in [1.54, 1.807) is 19.2 Å². The van der Waals surface area contributed by atoms with Gasteiger partial charge in [0.15, 0.2) is 0 Å². The second-order valence-corrected chi connectivity index (χ2v) is 5.48. The number of hydrogen-bond donors (Lipinski definition) is 1. The summed E-state index contributed by atoms with van der Waals surface area (Å²) in [7, 11) is 1.70. The van der Waals surface area contributed by atoms with Gasteiger partial charge in [-0.05, 0) is 36.6 Å². The van der Waals surface area contributed by atoms with Crippen molar-refractivity contribution in [2.75, 3.05) is 13.7 Å². The fourth-order valence-electron chi connectivity index (χ4n) is 2.39. The zero-order chi connectivity index (χ0) is 14.4. The molecule has 2 atom stereocenters. The van der Waals surface area contributed by atoms with Gasteiger partial charge in [0.05, 0.1) is 6.10 Å². The summed E-state index contributed by atoms with van der Waals surface area (Å²) in [5.41, 5.74) is 0.665. The number of rotatable bonds is 7. The highest BCUT2D eigenvalue weighted by molar-refractivity contribution is 6.30. The first-order valence-corrected chi connectivity index (χ1v) is 7.07. The van der Waals surface area contributed by atoms with Gasteiger partial charge >= 0.3 is 0 Å². The van der Waals surface area contributed by atoms with E-state index in [2.05, 4.69) is 19.2 Å². The van der Waals surface area contributed by atoms with Crippen molar-refractivity contribution in [1.29, 1.82) is 0 Å². The van der Waals surface area contributed by atoms with E-state index < -0.39 is 0 Å². The van der Waals surface area contributed by atoms with Gasteiger partial charge in [0.2, 0.25) is 0 Å². The molecule has 19 heavy (non-hydrogen) atoms. The van der Waals surface area contributed by atoms with Crippen LogP contribution in [0, 0.1) is 11.7 Å². The van der Waals surface area contributed by atoms with Crippen LogP contribution >= 0.6 is 11.6 Å². The topological polar surface area (TPSA) is 21.3 Å². The molecule has 1 N–H and O–H groups in total. The highest BCUT2D eigenvalue weighted by Crippen LogP contribution is 2.19. The second kappa shape index (κ2) is 7.83. The van der Waals surface area contributed by atoms with Gasteiger partial charge in [0, 0.05) is 18.2 Å². The lowest BCUT2D eigenvalue weighted by Gasteiger charge is -2.30. The first kappa shape index (κ1) is 16.4. The van der Waals surface area contributed by atoms with E-state index in [9.17, 15) is 4.39 Å². The Morgan fingerprint density at radius 3 is 2.53 bits per heavy atom. The zero-order valence-electron chi connectivity index (χ0n) is 12.0. The van der Waals surface area contributed by atoms with Gasteiger partial charge in [-0.3, -0.25) is 0 Å². The summed E-state index contributed by atoms with van der Waals surface area (Å²) in [6.45, 7) is 7.08. The summed E-state index contributed by atoms with van der Waals surface area (Å²) in [4.78, 5) is 0. The third-order valence-corrected chi connectivity index (χ3v) is 3.48. The normalized spacial score (nSPS) is 14.7. The average molecular weight is 288 g/mol. The first-order valence-electron chi connectivity index (χ1n) is 6.69. The van der Waals surface area contributed by atoms with Crippen LogP contribution in [-0.2, 0) is 11.2 Å². The number of hydrogen-bond acceptors (Lipinski definition) is 2. The maximum atomic E-state index is 13.9. The maximum Gasteiger partial charge on any atom is 0.127 e. The number of nitrogens with one attached hydrogen (secondary N) is 1. The van der Waals surface area contributed by atoms with Gasteiger partial charge in [-0.25, -0.2) is 4.39 Å². The van der Waals surface area contributed by atoms with E-state index >= 15 is 0 Å².